The van der Waals surface area contributed by atoms with E-state index in [2.05, 4.69) is 11.7 Å². The number of nitrogens with two attached hydrogens (primary N) is 1. The predicted octanol–water partition coefficient (Wildman–Crippen LogP) is 1.83. The molecule has 1 rings (SSSR count). The summed E-state index contributed by atoms with van der Waals surface area (Å²) in [6.07, 6.45) is 0. The molecule has 0 aromatic carbocycles. The van der Waals surface area contributed by atoms with Crippen molar-refractivity contribution in [3.63, 3.8) is 0 Å². The molecule has 66 valence electrons. The zero-order valence-electron chi connectivity index (χ0n) is 7.26. The lowest BCUT2D eigenvalue weighted by atomic mass is 10.3. The average Bonchev–Trinajstić information content (AvgIpc) is 2.17. The zero-order valence-corrected chi connectivity index (χ0v) is 8.02. The highest BCUT2D eigenvalue weighted by Gasteiger charge is 2.07. The Balaban J connectivity index is 3.01. The van der Waals surface area contributed by atoms with E-state index in [0.717, 1.165) is 17.1 Å². The number of aryl methyl sites for hydroxylation is 1. The van der Waals surface area contributed by atoms with Crippen LogP contribution >= 0.6 is 11.6 Å². The molecule has 2 N–H and O–H groups in total. The second-order valence-corrected chi connectivity index (χ2v) is 3.29. The van der Waals surface area contributed by atoms with Crippen molar-refractivity contribution in [3.8, 4) is 0 Å². The number of hydrogen-bond acceptors (Lipinski definition) is 2. The van der Waals surface area contributed by atoms with E-state index in [9.17, 15) is 0 Å². The first-order valence-corrected chi connectivity index (χ1v) is 4.03. The lowest BCUT2D eigenvalue weighted by Gasteiger charge is -2.01. The Morgan fingerprint density at radius 3 is 2.58 bits per heavy atom. The van der Waals surface area contributed by atoms with Crippen molar-refractivity contribution in [1.82, 2.24) is 9.78 Å². The fourth-order valence-corrected chi connectivity index (χ4v) is 1.14. The van der Waals surface area contributed by atoms with E-state index in [1.807, 2.05) is 13.8 Å². The Bertz CT molecular complexity index is 314. The molecule has 0 unspecified atom stereocenters. The summed E-state index contributed by atoms with van der Waals surface area (Å²) in [4.78, 5) is 0. The summed E-state index contributed by atoms with van der Waals surface area (Å²) in [5.41, 5.74) is 8.23. The molecule has 0 fully saturated rings. The van der Waals surface area contributed by atoms with Crippen molar-refractivity contribution in [2.45, 2.75) is 20.4 Å². The minimum atomic E-state index is 0.519. The van der Waals surface area contributed by atoms with E-state index in [4.69, 9.17) is 17.3 Å². The molecule has 0 aliphatic rings. The van der Waals surface area contributed by atoms with Gasteiger partial charge in [0.2, 0.25) is 0 Å². The number of aromatic nitrogens is 2. The largest absolute Gasteiger partial charge is 0.396 e. The lowest BCUT2D eigenvalue weighted by Crippen LogP contribution is -2.02. The fraction of sp³-hybridized carbons (Fsp3) is 0.375. The van der Waals surface area contributed by atoms with Crippen LogP contribution in [0, 0.1) is 13.8 Å². The van der Waals surface area contributed by atoms with Gasteiger partial charge in [-0.15, -0.1) is 0 Å². The molecular formula is C8H12ClN3. The molecule has 1 aromatic rings. The zero-order chi connectivity index (χ0) is 9.30. The molecule has 0 radical (unpaired) electrons. The quantitative estimate of drug-likeness (QED) is 0.764. The summed E-state index contributed by atoms with van der Waals surface area (Å²) in [5.74, 6) is 0. The van der Waals surface area contributed by atoms with Gasteiger partial charge < -0.3 is 5.73 Å². The predicted molar refractivity (Wildman–Crippen MR) is 51.1 cm³/mol. The summed E-state index contributed by atoms with van der Waals surface area (Å²) in [6, 6.07) is 0. The van der Waals surface area contributed by atoms with Crippen molar-refractivity contribution >= 4 is 17.3 Å². The van der Waals surface area contributed by atoms with Crippen LogP contribution in [0.2, 0.25) is 0 Å². The second kappa shape index (κ2) is 3.19. The minimum Gasteiger partial charge on any atom is -0.396 e. The highest BCUT2D eigenvalue weighted by atomic mass is 35.5. The van der Waals surface area contributed by atoms with E-state index in [1.165, 1.54) is 0 Å². The van der Waals surface area contributed by atoms with E-state index in [1.54, 1.807) is 4.68 Å². The van der Waals surface area contributed by atoms with Crippen LogP contribution in [-0.2, 0) is 6.54 Å². The van der Waals surface area contributed by atoms with Crippen LogP contribution in [0.15, 0.2) is 11.6 Å². The molecule has 0 bridgehead atoms. The van der Waals surface area contributed by atoms with Crippen LogP contribution in [0.3, 0.4) is 0 Å². The van der Waals surface area contributed by atoms with Gasteiger partial charge in [-0.1, -0.05) is 18.2 Å². The fourth-order valence-electron chi connectivity index (χ4n) is 1.03. The molecule has 4 heteroatoms. The van der Waals surface area contributed by atoms with Crippen molar-refractivity contribution < 1.29 is 0 Å². The number of allylic oxidation sites excluding steroid dienone is 1. The van der Waals surface area contributed by atoms with E-state index in [0.29, 0.717) is 11.6 Å². The Kier molecular flexibility index (Phi) is 2.43. The monoisotopic (exact) mass is 185 g/mol. The summed E-state index contributed by atoms with van der Waals surface area (Å²) in [6.45, 7) is 7.90. The smallest absolute Gasteiger partial charge is 0.0826 e. The van der Waals surface area contributed by atoms with Gasteiger partial charge >= 0.3 is 0 Å². The van der Waals surface area contributed by atoms with Crippen LogP contribution in [0.5, 0.6) is 0 Å². The number of nitrogen functional groups attached to an aromatic ring is 1. The number of rotatable bonds is 2. The maximum atomic E-state index is 5.72. The maximum Gasteiger partial charge on any atom is 0.0826 e. The lowest BCUT2D eigenvalue weighted by molar-refractivity contribution is 0.667. The molecule has 0 saturated carbocycles. The Hall–Kier alpha value is -0.960. The minimum absolute atomic E-state index is 0.519. The number of anilines is 1. The van der Waals surface area contributed by atoms with E-state index < -0.39 is 0 Å². The summed E-state index contributed by atoms with van der Waals surface area (Å²) in [5, 5.41) is 4.75. The first-order chi connectivity index (χ1) is 5.52. The number of nitrogens with zero attached hydrogens (tertiary/aromatic N) is 2. The molecule has 0 amide bonds. The van der Waals surface area contributed by atoms with Crippen molar-refractivity contribution in [2.75, 3.05) is 5.73 Å². The van der Waals surface area contributed by atoms with Crippen molar-refractivity contribution in [3.05, 3.63) is 23.0 Å². The topological polar surface area (TPSA) is 43.8 Å². The van der Waals surface area contributed by atoms with E-state index >= 15 is 0 Å². The first kappa shape index (κ1) is 9.13. The molecule has 0 saturated heterocycles. The van der Waals surface area contributed by atoms with E-state index in [-0.39, 0.29) is 0 Å². The molecule has 3 nitrogen and oxygen atoms in total. The molecule has 0 aliphatic carbocycles. The highest BCUT2D eigenvalue weighted by molar-refractivity contribution is 6.29. The van der Waals surface area contributed by atoms with Crippen LogP contribution in [-0.4, -0.2) is 9.78 Å². The van der Waals surface area contributed by atoms with Gasteiger partial charge in [-0.25, -0.2) is 0 Å². The highest BCUT2D eigenvalue weighted by Crippen LogP contribution is 2.16. The molecule has 1 heterocycles. The molecule has 0 atom stereocenters. The van der Waals surface area contributed by atoms with Crippen LogP contribution in [0.1, 0.15) is 11.4 Å². The number of hydrogen-bond donors (Lipinski definition) is 1. The molecule has 1 aromatic heterocycles. The van der Waals surface area contributed by atoms with Crippen LogP contribution < -0.4 is 5.73 Å². The van der Waals surface area contributed by atoms with Gasteiger partial charge in [0.05, 0.1) is 23.6 Å². The van der Waals surface area contributed by atoms with Gasteiger partial charge in [-0.05, 0) is 13.8 Å². The van der Waals surface area contributed by atoms with Crippen molar-refractivity contribution in [2.24, 2.45) is 0 Å². The normalized spacial score (nSPS) is 10.2. The summed E-state index contributed by atoms with van der Waals surface area (Å²) in [7, 11) is 0. The Morgan fingerprint density at radius 1 is 1.67 bits per heavy atom. The van der Waals surface area contributed by atoms with Gasteiger partial charge in [-0.3, -0.25) is 4.68 Å². The van der Waals surface area contributed by atoms with Crippen LogP contribution in [0.25, 0.3) is 0 Å². The summed E-state index contributed by atoms with van der Waals surface area (Å²) >= 11 is 5.65. The summed E-state index contributed by atoms with van der Waals surface area (Å²) < 4.78 is 1.75. The third kappa shape index (κ3) is 1.61. The second-order valence-electron chi connectivity index (χ2n) is 2.76. The Labute approximate surface area is 76.8 Å². The average molecular weight is 186 g/mol. The molecular weight excluding hydrogens is 174 g/mol. The SMILES string of the molecule is C=C(Cl)Cn1nc(C)c(N)c1C. The van der Waals surface area contributed by atoms with Gasteiger partial charge in [0.1, 0.15) is 0 Å². The molecule has 0 aliphatic heterocycles. The van der Waals surface area contributed by atoms with Gasteiger partial charge in [0.15, 0.2) is 0 Å². The third-order valence-corrected chi connectivity index (χ3v) is 1.88. The Morgan fingerprint density at radius 2 is 2.25 bits per heavy atom. The third-order valence-electron chi connectivity index (χ3n) is 1.76. The standard InChI is InChI=1S/C8H12ClN3/c1-5(9)4-12-7(3)8(10)6(2)11-12/h1,4,10H2,2-3H3. The molecule has 12 heavy (non-hydrogen) atoms. The van der Waals surface area contributed by atoms with Gasteiger partial charge in [0.25, 0.3) is 0 Å². The van der Waals surface area contributed by atoms with Gasteiger partial charge in [-0.2, -0.15) is 5.10 Å². The molecule has 0 spiro atoms. The number of halogens is 1. The maximum absolute atomic E-state index is 5.72. The first-order valence-electron chi connectivity index (χ1n) is 3.65. The van der Waals surface area contributed by atoms with Crippen molar-refractivity contribution in [1.29, 1.82) is 0 Å². The van der Waals surface area contributed by atoms with Gasteiger partial charge in [0, 0.05) is 5.03 Å². The van der Waals surface area contributed by atoms with Crippen LogP contribution in [0.4, 0.5) is 5.69 Å².